The first-order chi connectivity index (χ1) is 14.4. The Kier molecular flexibility index (Phi) is 10.1. The molecule has 1 heterocycles. The molecule has 0 spiro atoms. The summed E-state index contributed by atoms with van der Waals surface area (Å²) in [5.74, 6) is 9.64. The van der Waals surface area contributed by atoms with E-state index in [0.717, 1.165) is 22.4 Å². The fraction of sp³-hybridized carbons (Fsp3) is 0.217. The van der Waals surface area contributed by atoms with Crippen molar-refractivity contribution in [3.05, 3.63) is 88.7 Å². The highest BCUT2D eigenvalue weighted by Gasteiger charge is 2.08. The van der Waals surface area contributed by atoms with E-state index in [0.29, 0.717) is 5.56 Å². The number of nitrogens with one attached hydrogen (secondary N) is 1. The van der Waals surface area contributed by atoms with Crippen molar-refractivity contribution in [1.29, 1.82) is 0 Å². The smallest absolute Gasteiger partial charge is 0.169 e. The molecule has 7 heteroatoms. The summed E-state index contributed by atoms with van der Waals surface area (Å²) in [5, 5.41) is 3.32. The van der Waals surface area contributed by atoms with Crippen LogP contribution in [0.3, 0.4) is 0 Å². The SMILES string of the molecule is CC.Cc1ccc(F)c(-c2cccnc2C)c1.Cc1ccc(F)c(/C(=N/N)NN)c1. The summed E-state index contributed by atoms with van der Waals surface area (Å²) in [5.41, 5.74) is 6.78. The average Bonchev–Trinajstić information content (AvgIpc) is 2.75. The monoisotopic (exact) mass is 413 g/mol. The molecule has 0 saturated heterocycles. The van der Waals surface area contributed by atoms with Gasteiger partial charge < -0.3 is 11.3 Å². The van der Waals surface area contributed by atoms with Gasteiger partial charge in [0.1, 0.15) is 11.6 Å². The second kappa shape index (κ2) is 12.3. The first-order valence-corrected chi connectivity index (χ1v) is 9.56. The molecule has 1 aromatic heterocycles. The van der Waals surface area contributed by atoms with Crippen molar-refractivity contribution in [2.45, 2.75) is 34.6 Å². The number of rotatable bonds is 2. The van der Waals surface area contributed by atoms with Gasteiger partial charge in [-0.15, -0.1) is 0 Å². The van der Waals surface area contributed by atoms with Crippen LogP contribution in [-0.4, -0.2) is 10.8 Å². The third kappa shape index (κ3) is 6.63. The summed E-state index contributed by atoms with van der Waals surface area (Å²) >= 11 is 0. The minimum Gasteiger partial charge on any atom is -0.321 e. The van der Waals surface area contributed by atoms with Crippen molar-refractivity contribution in [3.63, 3.8) is 0 Å². The van der Waals surface area contributed by atoms with Crippen LogP contribution >= 0.6 is 0 Å². The molecule has 0 radical (unpaired) electrons. The molecular weight excluding hydrogens is 384 g/mol. The first kappa shape index (κ1) is 24.7. The Hall–Kier alpha value is -3.32. The molecule has 160 valence electrons. The van der Waals surface area contributed by atoms with E-state index < -0.39 is 5.82 Å². The van der Waals surface area contributed by atoms with E-state index in [4.69, 9.17) is 11.7 Å². The lowest BCUT2D eigenvalue weighted by Crippen LogP contribution is -2.32. The Morgan fingerprint density at radius 1 is 0.900 bits per heavy atom. The molecule has 3 aromatic rings. The van der Waals surface area contributed by atoms with Crippen molar-refractivity contribution >= 4 is 5.84 Å². The molecule has 0 aliphatic carbocycles. The molecule has 0 unspecified atom stereocenters. The molecule has 30 heavy (non-hydrogen) atoms. The van der Waals surface area contributed by atoms with E-state index in [2.05, 4.69) is 15.5 Å². The number of halogens is 2. The van der Waals surface area contributed by atoms with Crippen LogP contribution in [0, 0.1) is 32.4 Å². The van der Waals surface area contributed by atoms with E-state index in [-0.39, 0.29) is 17.2 Å². The van der Waals surface area contributed by atoms with Gasteiger partial charge in [0, 0.05) is 23.0 Å². The summed E-state index contributed by atoms with van der Waals surface area (Å²) in [4.78, 5) is 4.16. The highest BCUT2D eigenvalue weighted by Crippen LogP contribution is 2.25. The quantitative estimate of drug-likeness (QED) is 0.245. The van der Waals surface area contributed by atoms with Crippen LogP contribution < -0.4 is 17.1 Å². The Balaban J connectivity index is 0.000000280. The van der Waals surface area contributed by atoms with Gasteiger partial charge in [0.05, 0.1) is 5.56 Å². The second-order valence-electron chi connectivity index (χ2n) is 6.23. The van der Waals surface area contributed by atoms with Gasteiger partial charge in [-0.2, -0.15) is 5.10 Å². The first-order valence-electron chi connectivity index (χ1n) is 9.56. The minimum absolute atomic E-state index is 0.126. The standard InChI is InChI=1S/C13H12FN.C8H11FN4.C2H6/c1-9-5-6-13(14)12(8-9)11-4-3-7-15-10(11)2;1-5-2-3-7(9)6(4-5)8(12-10)13-11;1-2/h3-8H,1-2H3;2-4H,10-11H2,1H3,(H,12,13);1-2H3. The van der Waals surface area contributed by atoms with Crippen LogP contribution in [-0.2, 0) is 0 Å². The normalized spacial score (nSPS) is 10.3. The van der Waals surface area contributed by atoms with Gasteiger partial charge in [0.25, 0.3) is 0 Å². The second-order valence-corrected chi connectivity index (χ2v) is 6.23. The zero-order valence-electron chi connectivity index (χ0n) is 18.0. The summed E-state index contributed by atoms with van der Waals surface area (Å²) in [6.45, 7) is 9.68. The highest BCUT2D eigenvalue weighted by atomic mass is 19.1. The van der Waals surface area contributed by atoms with Crippen molar-refractivity contribution < 1.29 is 8.78 Å². The largest absolute Gasteiger partial charge is 0.321 e. The molecule has 0 atom stereocenters. The molecule has 0 amide bonds. The topological polar surface area (TPSA) is 89.3 Å². The highest BCUT2D eigenvalue weighted by molar-refractivity contribution is 5.98. The van der Waals surface area contributed by atoms with Crippen LogP contribution in [0.5, 0.6) is 0 Å². The van der Waals surface area contributed by atoms with E-state index in [1.807, 2.05) is 52.8 Å². The number of aromatic nitrogens is 1. The molecule has 0 fully saturated rings. The fourth-order valence-electron chi connectivity index (χ4n) is 2.62. The Labute approximate surface area is 176 Å². The number of hydrazone groups is 1. The molecule has 2 aromatic carbocycles. The lowest BCUT2D eigenvalue weighted by molar-refractivity contribution is 0.623. The van der Waals surface area contributed by atoms with Crippen LogP contribution in [0.15, 0.2) is 59.8 Å². The molecular formula is C23H29F2N5. The Bertz CT molecular complexity index is 987. The van der Waals surface area contributed by atoms with Crippen molar-refractivity contribution in [2.75, 3.05) is 0 Å². The molecule has 0 bridgehead atoms. The molecule has 5 N–H and O–H groups in total. The number of benzene rings is 2. The number of hydrogen-bond donors (Lipinski definition) is 3. The summed E-state index contributed by atoms with van der Waals surface area (Å²) in [6.07, 6.45) is 1.71. The van der Waals surface area contributed by atoms with Crippen molar-refractivity contribution in [2.24, 2.45) is 16.8 Å². The summed E-state index contributed by atoms with van der Waals surface area (Å²) < 4.78 is 26.8. The molecule has 0 aliphatic rings. The van der Waals surface area contributed by atoms with Crippen molar-refractivity contribution in [1.82, 2.24) is 10.4 Å². The predicted octanol–water partition coefficient (Wildman–Crippen LogP) is 4.75. The zero-order valence-corrected chi connectivity index (χ0v) is 18.0. The number of amidine groups is 1. The lowest BCUT2D eigenvalue weighted by Gasteiger charge is -2.06. The maximum Gasteiger partial charge on any atom is 0.169 e. The molecule has 3 rings (SSSR count). The number of nitrogens with zero attached hydrogens (tertiary/aromatic N) is 2. The van der Waals surface area contributed by atoms with E-state index >= 15 is 0 Å². The van der Waals surface area contributed by atoms with Gasteiger partial charge >= 0.3 is 0 Å². The van der Waals surface area contributed by atoms with Gasteiger partial charge in [-0.1, -0.05) is 43.2 Å². The average molecular weight is 414 g/mol. The zero-order chi connectivity index (χ0) is 22.7. The Morgan fingerprint density at radius 3 is 2.07 bits per heavy atom. The third-order valence-electron chi connectivity index (χ3n) is 4.06. The maximum atomic E-state index is 13.6. The summed E-state index contributed by atoms with van der Waals surface area (Å²) in [7, 11) is 0. The third-order valence-corrected chi connectivity index (χ3v) is 4.06. The fourth-order valence-corrected chi connectivity index (χ4v) is 2.62. The summed E-state index contributed by atoms with van der Waals surface area (Å²) in [6, 6.07) is 13.4. The number of hydrazine groups is 1. The maximum absolute atomic E-state index is 13.6. The van der Waals surface area contributed by atoms with Gasteiger partial charge in [-0.25, -0.2) is 14.6 Å². The van der Waals surface area contributed by atoms with Crippen LogP contribution in [0.25, 0.3) is 11.1 Å². The van der Waals surface area contributed by atoms with Crippen LogP contribution in [0.1, 0.15) is 36.2 Å². The van der Waals surface area contributed by atoms with E-state index in [1.165, 1.54) is 12.1 Å². The number of hydrogen-bond acceptors (Lipinski definition) is 4. The predicted molar refractivity (Wildman–Crippen MR) is 120 cm³/mol. The number of nitrogens with two attached hydrogens (primary N) is 2. The van der Waals surface area contributed by atoms with E-state index in [9.17, 15) is 8.78 Å². The minimum atomic E-state index is -0.409. The number of pyridine rings is 1. The molecule has 5 nitrogen and oxygen atoms in total. The van der Waals surface area contributed by atoms with Gasteiger partial charge in [0.2, 0.25) is 0 Å². The molecule has 0 saturated carbocycles. The van der Waals surface area contributed by atoms with Gasteiger partial charge in [-0.05, 0) is 51.1 Å². The number of aryl methyl sites for hydroxylation is 3. The molecule has 0 aliphatic heterocycles. The van der Waals surface area contributed by atoms with Crippen molar-refractivity contribution in [3.8, 4) is 11.1 Å². The van der Waals surface area contributed by atoms with E-state index in [1.54, 1.807) is 24.4 Å². The van der Waals surface area contributed by atoms with Crippen LogP contribution in [0.4, 0.5) is 8.78 Å². The Morgan fingerprint density at radius 2 is 1.50 bits per heavy atom. The van der Waals surface area contributed by atoms with Gasteiger partial charge in [-0.3, -0.25) is 4.98 Å². The van der Waals surface area contributed by atoms with Gasteiger partial charge in [0.15, 0.2) is 5.84 Å². The lowest BCUT2D eigenvalue weighted by atomic mass is 10.0. The van der Waals surface area contributed by atoms with Crippen LogP contribution in [0.2, 0.25) is 0 Å².